The van der Waals surface area contributed by atoms with E-state index in [2.05, 4.69) is 33.3 Å². The summed E-state index contributed by atoms with van der Waals surface area (Å²) in [4.78, 5) is 84.3. The molecule has 0 aliphatic heterocycles. The lowest BCUT2D eigenvalue weighted by molar-refractivity contribution is -0.144. The molecular formula is C23H29N3O9S3. The van der Waals surface area contributed by atoms with Crippen LogP contribution in [0, 0.1) is 0 Å². The van der Waals surface area contributed by atoms with E-state index in [-0.39, 0.29) is 28.6 Å². The van der Waals surface area contributed by atoms with Crippen LogP contribution in [0.5, 0.6) is 5.75 Å². The number of thioether (sulfide) groups is 2. The van der Waals surface area contributed by atoms with Crippen molar-refractivity contribution in [1.29, 1.82) is 0 Å². The number of thiol groups is 1. The van der Waals surface area contributed by atoms with E-state index >= 15 is 0 Å². The Labute approximate surface area is 233 Å². The molecule has 208 valence electrons. The molecule has 1 aromatic rings. The molecule has 0 aliphatic carbocycles. The van der Waals surface area contributed by atoms with Gasteiger partial charge in [0.15, 0.2) is 0 Å². The predicted octanol–water partition coefficient (Wildman–Crippen LogP) is 0.342. The van der Waals surface area contributed by atoms with Crippen molar-refractivity contribution in [2.24, 2.45) is 0 Å². The summed E-state index contributed by atoms with van der Waals surface area (Å²) in [7, 11) is 1.15. The van der Waals surface area contributed by atoms with Gasteiger partial charge in [0.2, 0.25) is 28.0 Å². The molecule has 3 N–H and O–H groups in total. The maximum absolute atomic E-state index is 12.9. The minimum atomic E-state index is -1.25. The molecule has 12 nitrogen and oxygen atoms in total. The van der Waals surface area contributed by atoms with E-state index in [1.165, 1.54) is 45.0 Å². The van der Waals surface area contributed by atoms with E-state index in [4.69, 9.17) is 4.74 Å². The Balaban J connectivity index is 2.98. The number of carbonyl (C=O) groups excluding carboxylic acids is 7. The van der Waals surface area contributed by atoms with Crippen LogP contribution in [0.1, 0.15) is 31.1 Å². The molecule has 38 heavy (non-hydrogen) atoms. The van der Waals surface area contributed by atoms with Crippen molar-refractivity contribution in [3.63, 3.8) is 0 Å². The van der Waals surface area contributed by atoms with Gasteiger partial charge in [0.25, 0.3) is 0 Å². The van der Waals surface area contributed by atoms with Gasteiger partial charge in [0.05, 0.1) is 12.7 Å². The first-order chi connectivity index (χ1) is 17.9. The summed E-state index contributed by atoms with van der Waals surface area (Å²) < 4.78 is 10.0. The van der Waals surface area contributed by atoms with E-state index in [9.17, 15) is 33.6 Å². The third kappa shape index (κ3) is 11.6. The third-order valence-electron chi connectivity index (χ3n) is 4.46. The van der Waals surface area contributed by atoms with Gasteiger partial charge in [-0.15, -0.1) is 0 Å². The summed E-state index contributed by atoms with van der Waals surface area (Å²) in [5.41, 5.74) is 0.00314. The molecular weight excluding hydrogens is 558 g/mol. The average Bonchev–Trinajstić information content (AvgIpc) is 2.86. The number of nitrogens with one attached hydrogen (secondary N) is 3. The highest BCUT2D eigenvalue weighted by molar-refractivity contribution is 8.14. The average molecular weight is 588 g/mol. The Morgan fingerprint density at radius 3 is 1.82 bits per heavy atom. The molecule has 0 radical (unpaired) electrons. The summed E-state index contributed by atoms with van der Waals surface area (Å²) in [6, 6.07) is 2.62. The number of carbonyl (C=O) groups is 7. The second kappa shape index (κ2) is 16.7. The zero-order valence-electron chi connectivity index (χ0n) is 21.1. The number of hydrogen-bond donors (Lipinski definition) is 4. The van der Waals surface area contributed by atoms with Crippen molar-refractivity contribution in [2.75, 3.05) is 24.4 Å². The lowest BCUT2D eigenvalue weighted by atomic mass is 10.2. The highest BCUT2D eigenvalue weighted by atomic mass is 32.2. The van der Waals surface area contributed by atoms with Gasteiger partial charge in [0.1, 0.15) is 23.9 Å². The molecule has 0 saturated heterocycles. The minimum absolute atomic E-state index is 0.00314. The zero-order valence-corrected chi connectivity index (χ0v) is 23.6. The van der Waals surface area contributed by atoms with Gasteiger partial charge in [-0.1, -0.05) is 35.7 Å². The fourth-order valence-corrected chi connectivity index (χ4v) is 4.94. The monoisotopic (exact) mass is 587 g/mol. The smallest absolute Gasteiger partial charge is 0.334 e. The van der Waals surface area contributed by atoms with Gasteiger partial charge in [-0.2, -0.15) is 12.6 Å². The summed E-state index contributed by atoms with van der Waals surface area (Å²) in [6.07, 6.45) is 0. The number of ether oxygens (including phenoxy) is 2. The minimum Gasteiger partial charge on any atom is -0.467 e. The lowest BCUT2D eigenvalue weighted by Crippen LogP contribution is -2.45. The molecule has 0 aliphatic rings. The zero-order chi connectivity index (χ0) is 28.8. The topological polar surface area (TPSA) is 174 Å². The van der Waals surface area contributed by atoms with Crippen LogP contribution in [0.4, 0.5) is 0 Å². The van der Waals surface area contributed by atoms with Crippen molar-refractivity contribution < 1.29 is 43.0 Å². The van der Waals surface area contributed by atoms with Gasteiger partial charge in [-0.05, 0) is 12.1 Å². The van der Waals surface area contributed by atoms with Crippen LogP contribution in [-0.4, -0.2) is 82.4 Å². The van der Waals surface area contributed by atoms with Crippen LogP contribution in [0.25, 0.3) is 0 Å². The number of rotatable bonds is 13. The molecule has 0 heterocycles. The first-order valence-electron chi connectivity index (χ1n) is 11.0. The largest absolute Gasteiger partial charge is 0.467 e. The fraction of sp³-hybridized carbons (Fsp3) is 0.435. The van der Waals surface area contributed by atoms with Gasteiger partial charge in [0, 0.05) is 38.0 Å². The molecule has 0 bridgehead atoms. The summed E-state index contributed by atoms with van der Waals surface area (Å²) in [6.45, 7) is 3.65. The van der Waals surface area contributed by atoms with Crippen molar-refractivity contribution in [1.82, 2.24) is 16.0 Å². The van der Waals surface area contributed by atoms with E-state index in [1.807, 2.05) is 0 Å². The first-order valence-corrected chi connectivity index (χ1v) is 13.6. The van der Waals surface area contributed by atoms with Crippen LogP contribution >= 0.6 is 36.2 Å². The first kappa shape index (κ1) is 33.0. The molecule has 0 saturated carbocycles. The van der Waals surface area contributed by atoms with Crippen molar-refractivity contribution in [3.8, 4) is 5.75 Å². The van der Waals surface area contributed by atoms with E-state index in [0.29, 0.717) is 23.5 Å². The van der Waals surface area contributed by atoms with Crippen LogP contribution in [-0.2, 0) is 33.5 Å². The maximum Gasteiger partial charge on any atom is 0.334 e. The molecule has 15 heteroatoms. The maximum atomic E-state index is 12.9. The summed E-state index contributed by atoms with van der Waals surface area (Å²) >= 11 is 5.45. The van der Waals surface area contributed by atoms with E-state index in [0.717, 1.165) is 7.11 Å². The molecule has 1 aromatic carbocycles. The Morgan fingerprint density at radius 2 is 1.29 bits per heavy atom. The molecule has 3 amide bonds. The summed E-state index contributed by atoms with van der Waals surface area (Å²) in [5.74, 6) is -3.55. The van der Waals surface area contributed by atoms with Gasteiger partial charge in [-0.3, -0.25) is 24.0 Å². The second-order valence-electron chi connectivity index (χ2n) is 7.61. The van der Waals surface area contributed by atoms with Crippen molar-refractivity contribution in [2.45, 2.75) is 38.9 Å². The lowest BCUT2D eigenvalue weighted by Gasteiger charge is -2.19. The van der Waals surface area contributed by atoms with Crippen LogP contribution in [0.15, 0.2) is 24.3 Å². The van der Waals surface area contributed by atoms with Crippen molar-refractivity contribution >= 4 is 76.0 Å². The molecule has 3 atom stereocenters. The Morgan fingerprint density at radius 1 is 0.789 bits per heavy atom. The quantitative estimate of drug-likeness (QED) is 0.142. The number of methoxy groups -OCH3 is 1. The molecule has 0 fully saturated rings. The normalized spacial score (nSPS) is 12.8. The van der Waals surface area contributed by atoms with E-state index in [1.54, 1.807) is 0 Å². The Kier molecular flexibility index (Phi) is 14.5. The van der Waals surface area contributed by atoms with Gasteiger partial charge >= 0.3 is 11.9 Å². The Bertz CT molecular complexity index is 1070. The third-order valence-corrected chi connectivity index (χ3v) is 6.88. The molecule has 0 spiro atoms. The van der Waals surface area contributed by atoms with Crippen LogP contribution in [0.2, 0.25) is 0 Å². The van der Waals surface area contributed by atoms with Crippen molar-refractivity contribution in [3.05, 3.63) is 29.8 Å². The van der Waals surface area contributed by atoms with Crippen LogP contribution in [0.3, 0.4) is 0 Å². The number of para-hydroxylation sites is 1. The number of amides is 3. The number of hydrogen-bond acceptors (Lipinski definition) is 12. The molecule has 3 unspecified atom stereocenters. The second-order valence-corrected chi connectivity index (χ2v) is 9.99. The Hall–Kier alpha value is -3.04. The highest BCUT2D eigenvalue weighted by Gasteiger charge is 2.28. The molecule has 0 aromatic heterocycles. The molecule has 1 rings (SSSR count). The van der Waals surface area contributed by atoms with E-state index < -0.39 is 58.0 Å². The standard InChI is InChI=1S/C23H29N3O9S3/c1-12(27)24-16(9-36)23(33)38-11-18(26-14(3)29)21(31)35-19-8-6-5-7-15(19)22(32)37-10-17(20(30)34-4)25-13(2)28/h5-8,16-18,36H,9-11H2,1-4H3,(H,24,27)(H,25,28)(H,26,29). The van der Waals surface area contributed by atoms with Gasteiger partial charge in [-0.25, -0.2) is 9.59 Å². The van der Waals surface area contributed by atoms with Crippen LogP contribution < -0.4 is 20.7 Å². The fourth-order valence-electron chi connectivity index (χ4n) is 2.80. The predicted molar refractivity (Wildman–Crippen MR) is 145 cm³/mol. The number of esters is 2. The summed E-state index contributed by atoms with van der Waals surface area (Å²) in [5, 5.41) is 6.22. The number of benzene rings is 1. The highest BCUT2D eigenvalue weighted by Crippen LogP contribution is 2.25. The van der Waals surface area contributed by atoms with Gasteiger partial charge < -0.3 is 25.4 Å². The SMILES string of the molecule is COC(=O)C(CSC(=O)c1ccccc1OC(=O)C(CSC(=O)C(CS)NC(C)=O)NC(C)=O)NC(C)=O.